The molecule has 2 amide bonds. The number of carbonyl (C=O) groups excluding carboxylic acids is 1. The third kappa shape index (κ3) is 4.28. The fraction of sp³-hybridized carbons (Fsp3) is 0.316. The topological polar surface area (TPSA) is 44.4 Å². The summed E-state index contributed by atoms with van der Waals surface area (Å²) in [5, 5.41) is 6.59. The van der Waals surface area contributed by atoms with Crippen LogP contribution in [0.4, 0.5) is 10.5 Å². The quantitative estimate of drug-likeness (QED) is 0.850. The minimum absolute atomic E-state index is 0.0997. The van der Waals surface area contributed by atoms with E-state index in [1.165, 1.54) is 12.8 Å². The molecule has 1 saturated heterocycles. The number of carbonyl (C=O) groups is 1. The van der Waals surface area contributed by atoms with Crippen molar-refractivity contribution >= 4 is 23.3 Å². The average molecular weight is 344 g/mol. The predicted molar refractivity (Wildman–Crippen MR) is 98.5 cm³/mol. The summed E-state index contributed by atoms with van der Waals surface area (Å²) in [6.45, 7) is 2.61. The molecule has 24 heavy (non-hydrogen) atoms. The number of para-hydroxylation sites is 1. The molecule has 0 radical (unpaired) electrons. The Hall–Kier alpha value is -2.04. The van der Waals surface area contributed by atoms with E-state index in [2.05, 4.69) is 15.5 Å². The molecule has 1 heterocycles. The van der Waals surface area contributed by atoms with E-state index < -0.39 is 0 Å². The SMILES string of the molecule is O=C(NC[C@@H](c1ccccc1Cl)N1CCCC1)Nc1ccccc1. The largest absolute Gasteiger partial charge is 0.336 e. The third-order valence-corrected chi connectivity index (χ3v) is 4.68. The van der Waals surface area contributed by atoms with Crippen molar-refractivity contribution in [3.63, 3.8) is 0 Å². The van der Waals surface area contributed by atoms with Gasteiger partial charge in [0, 0.05) is 17.3 Å². The zero-order valence-corrected chi connectivity index (χ0v) is 14.3. The lowest BCUT2D eigenvalue weighted by atomic mass is 10.1. The molecule has 2 aromatic carbocycles. The van der Waals surface area contributed by atoms with Gasteiger partial charge in [0.15, 0.2) is 0 Å². The number of nitrogens with zero attached hydrogens (tertiary/aromatic N) is 1. The Morgan fingerprint density at radius 2 is 1.71 bits per heavy atom. The third-order valence-electron chi connectivity index (χ3n) is 4.33. The van der Waals surface area contributed by atoms with E-state index >= 15 is 0 Å². The molecule has 0 spiro atoms. The van der Waals surface area contributed by atoms with E-state index in [1.807, 2.05) is 54.6 Å². The molecule has 1 aliphatic rings. The van der Waals surface area contributed by atoms with Gasteiger partial charge in [0.1, 0.15) is 0 Å². The number of halogens is 1. The molecule has 0 aliphatic carbocycles. The van der Waals surface area contributed by atoms with Gasteiger partial charge < -0.3 is 10.6 Å². The molecule has 2 aromatic rings. The molecule has 0 unspecified atom stereocenters. The molecule has 1 aliphatic heterocycles. The van der Waals surface area contributed by atoms with Crippen molar-refractivity contribution in [1.29, 1.82) is 0 Å². The Bertz CT molecular complexity index is 671. The van der Waals surface area contributed by atoms with Crippen molar-refractivity contribution in [3.05, 3.63) is 65.2 Å². The molecule has 3 rings (SSSR count). The van der Waals surface area contributed by atoms with Gasteiger partial charge in [0.05, 0.1) is 6.04 Å². The van der Waals surface area contributed by atoms with E-state index in [0.29, 0.717) is 6.54 Å². The minimum atomic E-state index is -0.197. The maximum Gasteiger partial charge on any atom is 0.319 e. The van der Waals surface area contributed by atoms with E-state index in [-0.39, 0.29) is 12.1 Å². The second kappa shape index (κ2) is 8.18. The van der Waals surface area contributed by atoms with Crippen LogP contribution >= 0.6 is 11.6 Å². The second-order valence-electron chi connectivity index (χ2n) is 5.98. The first-order valence-electron chi connectivity index (χ1n) is 8.32. The molecular formula is C19H22ClN3O. The van der Waals surface area contributed by atoms with Crippen LogP contribution in [-0.4, -0.2) is 30.6 Å². The molecule has 1 fully saturated rings. The molecular weight excluding hydrogens is 322 g/mol. The highest BCUT2D eigenvalue weighted by Gasteiger charge is 2.25. The van der Waals surface area contributed by atoms with E-state index in [1.54, 1.807) is 0 Å². The van der Waals surface area contributed by atoms with Crippen molar-refractivity contribution in [2.75, 3.05) is 25.0 Å². The van der Waals surface area contributed by atoms with Crippen molar-refractivity contribution in [1.82, 2.24) is 10.2 Å². The Morgan fingerprint density at radius 3 is 2.42 bits per heavy atom. The first-order chi connectivity index (χ1) is 11.7. The Kier molecular flexibility index (Phi) is 5.72. The maximum absolute atomic E-state index is 12.2. The molecule has 2 N–H and O–H groups in total. The lowest BCUT2D eigenvalue weighted by Gasteiger charge is -2.29. The fourth-order valence-corrected chi connectivity index (χ4v) is 3.38. The summed E-state index contributed by atoms with van der Waals surface area (Å²) >= 11 is 6.39. The van der Waals surface area contributed by atoms with Crippen LogP contribution in [0, 0.1) is 0 Å². The van der Waals surface area contributed by atoms with Crippen LogP contribution in [0.5, 0.6) is 0 Å². The molecule has 1 atom stereocenters. The first-order valence-corrected chi connectivity index (χ1v) is 8.70. The van der Waals surface area contributed by atoms with E-state index in [9.17, 15) is 4.79 Å². The number of benzene rings is 2. The average Bonchev–Trinajstić information content (AvgIpc) is 3.12. The van der Waals surface area contributed by atoms with Gasteiger partial charge in [-0.3, -0.25) is 4.90 Å². The van der Waals surface area contributed by atoms with Gasteiger partial charge in [-0.2, -0.15) is 0 Å². The number of amides is 2. The number of rotatable bonds is 5. The highest BCUT2D eigenvalue weighted by Crippen LogP contribution is 2.29. The molecule has 0 aromatic heterocycles. The lowest BCUT2D eigenvalue weighted by molar-refractivity contribution is 0.227. The van der Waals surface area contributed by atoms with Crippen LogP contribution in [0.3, 0.4) is 0 Å². The smallest absolute Gasteiger partial charge is 0.319 e. The summed E-state index contributed by atoms with van der Waals surface area (Å²) in [5.41, 5.74) is 1.85. The van der Waals surface area contributed by atoms with Crippen LogP contribution in [0.1, 0.15) is 24.4 Å². The van der Waals surface area contributed by atoms with Gasteiger partial charge >= 0.3 is 6.03 Å². The lowest BCUT2D eigenvalue weighted by Crippen LogP contribution is -2.38. The van der Waals surface area contributed by atoms with Crippen LogP contribution in [0.25, 0.3) is 0 Å². The fourth-order valence-electron chi connectivity index (χ4n) is 3.12. The highest BCUT2D eigenvalue weighted by atomic mass is 35.5. The van der Waals surface area contributed by atoms with Crippen molar-refractivity contribution in [2.24, 2.45) is 0 Å². The van der Waals surface area contributed by atoms with Gasteiger partial charge in [-0.25, -0.2) is 4.79 Å². The molecule has 126 valence electrons. The first kappa shape index (κ1) is 16.8. The summed E-state index contributed by atoms with van der Waals surface area (Å²) in [7, 11) is 0. The van der Waals surface area contributed by atoms with Crippen molar-refractivity contribution in [3.8, 4) is 0 Å². The Labute approximate surface area is 147 Å². The predicted octanol–water partition coefficient (Wildman–Crippen LogP) is 4.30. The van der Waals surface area contributed by atoms with E-state index in [4.69, 9.17) is 11.6 Å². The summed E-state index contributed by atoms with van der Waals surface area (Å²) in [6.07, 6.45) is 2.38. The molecule has 0 bridgehead atoms. The maximum atomic E-state index is 12.2. The van der Waals surface area contributed by atoms with Crippen molar-refractivity contribution in [2.45, 2.75) is 18.9 Å². The van der Waals surface area contributed by atoms with Crippen LogP contribution in [-0.2, 0) is 0 Å². The molecule has 4 nitrogen and oxygen atoms in total. The summed E-state index contributed by atoms with van der Waals surface area (Å²) in [5.74, 6) is 0. The zero-order valence-electron chi connectivity index (χ0n) is 13.5. The second-order valence-corrected chi connectivity index (χ2v) is 6.39. The van der Waals surface area contributed by atoms with Gasteiger partial charge in [-0.05, 0) is 49.7 Å². The van der Waals surface area contributed by atoms with Gasteiger partial charge in [0.2, 0.25) is 0 Å². The van der Waals surface area contributed by atoms with Crippen LogP contribution in [0.2, 0.25) is 5.02 Å². The number of hydrogen-bond acceptors (Lipinski definition) is 2. The highest BCUT2D eigenvalue weighted by molar-refractivity contribution is 6.31. The van der Waals surface area contributed by atoms with E-state index in [0.717, 1.165) is 29.4 Å². The summed E-state index contributed by atoms with van der Waals surface area (Å²) < 4.78 is 0. The minimum Gasteiger partial charge on any atom is -0.336 e. The molecule has 5 heteroatoms. The van der Waals surface area contributed by atoms with Gasteiger partial charge in [-0.15, -0.1) is 0 Å². The summed E-state index contributed by atoms with van der Waals surface area (Å²) in [4.78, 5) is 14.6. The van der Waals surface area contributed by atoms with Gasteiger partial charge in [0.25, 0.3) is 0 Å². The number of anilines is 1. The molecule has 0 saturated carbocycles. The Balaban J connectivity index is 1.66. The number of hydrogen-bond donors (Lipinski definition) is 2. The normalized spacial score (nSPS) is 15.9. The van der Waals surface area contributed by atoms with Crippen molar-refractivity contribution < 1.29 is 4.79 Å². The summed E-state index contributed by atoms with van der Waals surface area (Å²) in [6, 6.07) is 17.2. The van der Waals surface area contributed by atoms with Crippen LogP contribution < -0.4 is 10.6 Å². The van der Waals surface area contributed by atoms with Gasteiger partial charge in [-0.1, -0.05) is 48.0 Å². The zero-order chi connectivity index (χ0) is 16.8. The van der Waals surface area contributed by atoms with Crippen LogP contribution in [0.15, 0.2) is 54.6 Å². The standard InChI is InChI=1S/C19H22ClN3O/c20-17-11-5-4-10-16(17)18(23-12-6-7-13-23)14-21-19(24)22-15-8-2-1-3-9-15/h1-5,8-11,18H,6-7,12-14H2,(H2,21,22,24)/t18-/m0/s1. The Morgan fingerprint density at radius 1 is 1.04 bits per heavy atom. The number of nitrogens with one attached hydrogen (secondary N) is 2. The number of urea groups is 1. The monoisotopic (exact) mass is 343 g/mol. The number of likely N-dealkylation sites (tertiary alicyclic amines) is 1.